The number of benzene rings is 1. The van der Waals surface area contributed by atoms with Crippen LogP contribution in [0.4, 0.5) is 4.39 Å². The van der Waals surface area contributed by atoms with E-state index in [1.54, 1.807) is 7.11 Å². The molecule has 2 rings (SSSR count). The second kappa shape index (κ2) is 6.79. The van der Waals surface area contributed by atoms with Gasteiger partial charge >= 0.3 is 0 Å². The van der Waals surface area contributed by atoms with E-state index in [4.69, 9.17) is 14.2 Å². The third-order valence-electron chi connectivity index (χ3n) is 3.83. The first-order chi connectivity index (χ1) is 9.71. The average Bonchev–Trinajstić information content (AvgIpc) is 2.48. The van der Waals surface area contributed by atoms with Gasteiger partial charge in [-0.15, -0.1) is 0 Å². The highest BCUT2D eigenvalue weighted by molar-refractivity contribution is 5.55. The Bertz CT molecular complexity index is 459. The van der Waals surface area contributed by atoms with Crippen LogP contribution < -0.4 is 19.5 Å². The van der Waals surface area contributed by atoms with Crippen molar-refractivity contribution in [3.05, 3.63) is 17.4 Å². The van der Waals surface area contributed by atoms with Gasteiger partial charge in [-0.3, -0.25) is 0 Å². The van der Waals surface area contributed by atoms with E-state index in [0.717, 1.165) is 37.9 Å². The monoisotopic (exact) mass is 283 g/mol. The molecule has 1 saturated heterocycles. The zero-order valence-electron chi connectivity index (χ0n) is 12.3. The second-order valence-electron chi connectivity index (χ2n) is 5.00. The molecular formula is C15H22FNO3. The Morgan fingerprint density at radius 3 is 2.30 bits per heavy atom. The molecule has 0 saturated carbocycles. The van der Waals surface area contributed by atoms with E-state index in [0.29, 0.717) is 17.4 Å². The van der Waals surface area contributed by atoms with Crippen molar-refractivity contribution in [2.45, 2.75) is 19.3 Å². The first-order valence-electron chi connectivity index (χ1n) is 6.89. The van der Waals surface area contributed by atoms with Crippen LogP contribution in [0.15, 0.2) is 6.07 Å². The molecule has 1 aromatic rings. The lowest BCUT2D eigenvalue weighted by Crippen LogP contribution is -2.28. The highest BCUT2D eigenvalue weighted by atomic mass is 19.1. The van der Waals surface area contributed by atoms with Crippen molar-refractivity contribution < 1.29 is 18.6 Å². The molecular weight excluding hydrogens is 261 g/mol. The fraction of sp³-hybridized carbons (Fsp3) is 0.600. The minimum atomic E-state index is -0.408. The molecule has 0 atom stereocenters. The number of piperidine rings is 1. The Kier molecular flexibility index (Phi) is 5.06. The number of rotatable bonds is 5. The van der Waals surface area contributed by atoms with Gasteiger partial charge in [-0.1, -0.05) is 0 Å². The van der Waals surface area contributed by atoms with Gasteiger partial charge < -0.3 is 19.5 Å². The van der Waals surface area contributed by atoms with Crippen LogP contribution in [-0.2, 0) is 6.42 Å². The largest absolute Gasteiger partial charge is 0.493 e. The van der Waals surface area contributed by atoms with Gasteiger partial charge in [-0.05, 0) is 38.3 Å². The van der Waals surface area contributed by atoms with Crippen LogP contribution in [0.2, 0.25) is 0 Å². The Hall–Kier alpha value is -1.49. The summed E-state index contributed by atoms with van der Waals surface area (Å²) in [6, 6.07) is 1.31. The van der Waals surface area contributed by atoms with Gasteiger partial charge in [-0.2, -0.15) is 0 Å². The topological polar surface area (TPSA) is 39.7 Å². The molecule has 1 aromatic carbocycles. The van der Waals surface area contributed by atoms with Crippen LogP contribution in [0, 0.1) is 11.7 Å². The van der Waals surface area contributed by atoms with Gasteiger partial charge in [0.05, 0.1) is 21.3 Å². The molecule has 0 unspecified atom stereocenters. The molecule has 20 heavy (non-hydrogen) atoms. The van der Waals surface area contributed by atoms with Crippen molar-refractivity contribution in [3.8, 4) is 17.2 Å². The van der Waals surface area contributed by atoms with Crippen molar-refractivity contribution in [1.29, 1.82) is 0 Å². The number of nitrogens with one attached hydrogen (secondary N) is 1. The molecule has 1 fully saturated rings. The molecule has 1 N–H and O–H groups in total. The van der Waals surface area contributed by atoms with E-state index >= 15 is 0 Å². The van der Waals surface area contributed by atoms with Crippen molar-refractivity contribution in [2.75, 3.05) is 34.4 Å². The summed E-state index contributed by atoms with van der Waals surface area (Å²) >= 11 is 0. The van der Waals surface area contributed by atoms with Gasteiger partial charge in [0.25, 0.3) is 0 Å². The smallest absolute Gasteiger partial charge is 0.169 e. The standard InChI is InChI=1S/C15H22FNO3/c1-18-13-9-12(16)14(19-2)11(15(13)20-3)8-10-4-6-17-7-5-10/h9-10,17H,4-8H2,1-3H3. The molecule has 0 aliphatic carbocycles. The highest BCUT2D eigenvalue weighted by Crippen LogP contribution is 2.41. The lowest BCUT2D eigenvalue weighted by Gasteiger charge is -2.25. The minimum absolute atomic E-state index is 0.265. The van der Waals surface area contributed by atoms with E-state index in [9.17, 15) is 4.39 Å². The Morgan fingerprint density at radius 1 is 1.10 bits per heavy atom. The van der Waals surface area contributed by atoms with E-state index in [1.165, 1.54) is 20.3 Å². The molecule has 1 heterocycles. The number of ether oxygens (including phenoxy) is 3. The molecule has 0 spiro atoms. The van der Waals surface area contributed by atoms with Crippen LogP contribution in [-0.4, -0.2) is 34.4 Å². The Morgan fingerprint density at radius 2 is 1.75 bits per heavy atom. The lowest BCUT2D eigenvalue weighted by molar-refractivity contribution is 0.319. The maximum Gasteiger partial charge on any atom is 0.169 e. The normalized spacial score (nSPS) is 16.0. The summed E-state index contributed by atoms with van der Waals surface area (Å²) in [6.07, 6.45) is 2.89. The van der Waals surface area contributed by atoms with Crippen molar-refractivity contribution in [2.24, 2.45) is 5.92 Å². The van der Waals surface area contributed by atoms with Crippen molar-refractivity contribution in [1.82, 2.24) is 5.32 Å². The van der Waals surface area contributed by atoms with Crippen LogP contribution in [0.3, 0.4) is 0 Å². The fourth-order valence-electron chi connectivity index (χ4n) is 2.80. The lowest BCUT2D eigenvalue weighted by atomic mass is 9.90. The summed E-state index contributed by atoms with van der Waals surface area (Å²) < 4.78 is 30.0. The summed E-state index contributed by atoms with van der Waals surface area (Å²) in [6.45, 7) is 2.00. The molecule has 0 aromatic heterocycles. The van der Waals surface area contributed by atoms with Gasteiger partial charge in [0.15, 0.2) is 23.1 Å². The Labute approximate surface area is 119 Å². The molecule has 5 heteroatoms. The zero-order valence-corrected chi connectivity index (χ0v) is 12.3. The Balaban J connectivity index is 2.38. The molecule has 0 bridgehead atoms. The fourth-order valence-corrected chi connectivity index (χ4v) is 2.80. The van der Waals surface area contributed by atoms with E-state index in [1.807, 2.05) is 0 Å². The van der Waals surface area contributed by atoms with Crippen molar-refractivity contribution in [3.63, 3.8) is 0 Å². The molecule has 1 aliphatic rings. The summed E-state index contributed by atoms with van der Waals surface area (Å²) in [5.41, 5.74) is 0.763. The molecule has 4 nitrogen and oxygen atoms in total. The molecule has 0 radical (unpaired) electrons. The summed E-state index contributed by atoms with van der Waals surface area (Å²) in [7, 11) is 4.56. The molecule has 112 valence electrons. The summed E-state index contributed by atoms with van der Waals surface area (Å²) in [5, 5.41) is 3.33. The van der Waals surface area contributed by atoms with E-state index in [-0.39, 0.29) is 5.75 Å². The minimum Gasteiger partial charge on any atom is -0.493 e. The average molecular weight is 283 g/mol. The predicted molar refractivity (Wildman–Crippen MR) is 75.4 cm³/mol. The van der Waals surface area contributed by atoms with Crippen molar-refractivity contribution >= 4 is 0 Å². The third-order valence-corrected chi connectivity index (χ3v) is 3.83. The number of hydrogen-bond acceptors (Lipinski definition) is 4. The number of methoxy groups -OCH3 is 3. The van der Waals surface area contributed by atoms with Crippen LogP contribution in [0.1, 0.15) is 18.4 Å². The maximum absolute atomic E-state index is 14.1. The summed E-state index contributed by atoms with van der Waals surface area (Å²) in [5.74, 6) is 1.35. The number of hydrogen-bond donors (Lipinski definition) is 1. The van der Waals surface area contributed by atoms with E-state index < -0.39 is 5.82 Å². The third kappa shape index (κ3) is 2.98. The predicted octanol–water partition coefficient (Wildman–Crippen LogP) is 2.39. The highest BCUT2D eigenvalue weighted by Gasteiger charge is 2.24. The van der Waals surface area contributed by atoms with Crippen LogP contribution in [0.25, 0.3) is 0 Å². The van der Waals surface area contributed by atoms with E-state index in [2.05, 4.69) is 5.32 Å². The number of halogens is 1. The second-order valence-corrected chi connectivity index (χ2v) is 5.00. The van der Waals surface area contributed by atoms with Crippen LogP contribution >= 0.6 is 0 Å². The van der Waals surface area contributed by atoms with Gasteiger partial charge in [0.2, 0.25) is 0 Å². The van der Waals surface area contributed by atoms with Gasteiger partial charge in [0.1, 0.15) is 0 Å². The maximum atomic E-state index is 14.1. The molecule has 1 aliphatic heterocycles. The zero-order chi connectivity index (χ0) is 14.5. The quantitative estimate of drug-likeness (QED) is 0.900. The molecule has 0 amide bonds. The van der Waals surface area contributed by atoms with Gasteiger partial charge in [-0.25, -0.2) is 4.39 Å². The van der Waals surface area contributed by atoms with Gasteiger partial charge in [0, 0.05) is 11.6 Å². The first-order valence-corrected chi connectivity index (χ1v) is 6.89. The van der Waals surface area contributed by atoms with Crippen LogP contribution in [0.5, 0.6) is 17.2 Å². The summed E-state index contributed by atoms with van der Waals surface area (Å²) in [4.78, 5) is 0. The SMILES string of the molecule is COc1cc(F)c(OC)c(CC2CCNCC2)c1OC. The first kappa shape index (κ1) is 14.9.